The largest absolute Gasteiger partial charge is 0.348 e. The van der Waals surface area contributed by atoms with E-state index in [4.69, 9.17) is 0 Å². The Hall–Kier alpha value is -0.610. The van der Waals surface area contributed by atoms with Gasteiger partial charge in [0.25, 0.3) is 0 Å². The molecule has 90 valence electrons. The highest BCUT2D eigenvalue weighted by Gasteiger charge is 2.15. The quantitative estimate of drug-likeness (QED) is 0.855. The van der Waals surface area contributed by atoms with Crippen LogP contribution in [0.25, 0.3) is 0 Å². The zero-order valence-corrected chi connectivity index (χ0v) is 11.0. The maximum Gasteiger partial charge on any atom is 0.185 e. The van der Waals surface area contributed by atoms with E-state index in [1.54, 1.807) is 0 Å². The molecule has 1 aliphatic heterocycles. The lowest BCUT2D eigenvalue weighted by atomic mass is 10.2. The van der Waals surface area contributed by atoms with Gasteiger partial charge in [0.15, 0.2) is 5.13 Å². The molecule has 0 unspecified atom stereocenters. The van der Waals surface area contributed by atoms with Gasteiger partial charge in [0, 0.05) is 30.7 Å². The predicted octanol–water partition coefficient (Wildman–Crippen LogP) is 2.49. The van der Waals surface area contributed by atoms with Crippen LogP contribution in [0.15, 0.2) is 6.20 Å². The zero-order valence-electron chi connectivity index (χ0n) is 10.2. The third kappa shape index (κ3) is 3.19. The fourth-order valence-electron chi connectivity index (χ4n) is 1.92. The molecule has 4 heteroatoms. The van der Waals surface area contributed by atoms with Gasteiger partial charge >= 0.3 is 0 Å². The first kappa shape index (κ1) is 11.9. The topological polar surface area (TPSA) is 28.2 Å². The molecular weight excluding hydrogens is 218 g/mol. The van der Waals surface area contributed by atoms with Crippen molar-refractivity contribution in [3.63, 3.8) is 0 Å². The van der Waals surface area contributed by atoms with Gasteiger partial charge in [-0.1, -0.05) is 13.8 Å². The first-order valence-corrected chi connectivity index (χ1v) is 6.97. The number of nitrogens with zero attached hydrogens (tertiary/aromatic N) is 2. The number of hydrogen-bond donors (Lipinski definition) is 1. The highest BCUT2D eigenvalue weighted by molar-refractivity contribution is 7.15. The van der Waals surface area contributed by atoms with Crippen molar-refractivity contribution in [1.82, 2.24) is 10.3 Å². The second-order valence-corrected chi connectivity index (χ2v) is 5.92. The highest BCUT2D eigenvalue weighted by atomic mass is 32.1. The van der Waals surface area contributed by atoms with E-state index in [0.29, 0.717) is 5.92 Å². The number of nitrogens with one attached hydrogen (secondary N) is 1. The molecule has 16 heavy (non-hydrogen) atoms. The molecule has 2 rings (SSSR count). The van der Waals surface area contributed by atoms with Gasteiger partial charge in [-0.2, -0.15) is 0 Å². The van der Waals surface area contributed by atoms with E-state index in [9.17, 15) is 0 Å². The minimum atomic E-state index is 0.714. The van der Waals surface area contributed by atoms with E-state index in [-0.39, 0.29) is 0 Å². The van der Waals surface area contributed by atoms with Crippen molar-refractivity contribution in [3.05, 3.63) is 11.1 Å². The first-order valence-electron chi connectivity index (χ1n) is 6.16. The number of aromatic nitrogens is 1. The smallest absolute Gasteiger partial charge is 0.185 e. The molecule has 1 aromatic heterocycles. The Labute approximate surface area is 102 Å². The van der Waals surface area contributed by atoms with Crippen molar-refractivity contribution < 1.29 is 0 Å². The van der Waals surface area contributed by atoms with E-state index in [2.05, 4.69) is 29.0 Å². The van der Waals surface area contributed by atoms with Crippen LogP contribution in [0.1, 0.15) is 31.6 Å². The molecule has 3 nitrogen and oxygen atoms in total. The van der Waals surface area contributed by atoms with Gasteiger partial charge in [-0.15, -0.1) is 11.3 Å². The van der Waals surface area contributed by atoms with Crippen LogP contribution in [0.5, 0.6) is 0 Å². The van der Waals surface area contributed by atoms with Crippen molar-refractivity contribution >= 4 is 16.5 Å². The first-order chi connectivity index (χ1) is 7.75. The van der Waals surface area contributed by atoms with Gasteiger partial charge < -0.3 is 10.2 Å². The number of thiazole rings is 1. The molecule has 0 aliphatic carbocycles. The standard InChI is InChI=1S/C12H21N3S/c1-10(2)7-13-8-11-9-14-12(16-11)15-5-3-4-6-15/h9-10,13H,3-8H2,1-2H3. The summed E-state index contributed by atoms with van der Waals surface area (Å²) in [5, 5.41) is 4.66. The van der Waals surface area contributed by atoms with Gasteiger partial charge in [-0.3, -0.25) is 0 Å². The van der Waals surface area contributed by atoms with Crippen LogP contribution in [0.2, 0.25) is 0 Å². The molecule has 1 aromatic rings. The molecule has 1 fully saturated rings. The Morgan fingerprint density at radius 2 is 2.19 bits per heavy atom. The van der Waals surface area contributed by atoms with E-state index in [1.807, 2.05) is 17.5 Å². The number of hydrogen-bond acceptors (Lipinski definition) is 4. The Morgan fingerprint density at radius 3 is 2.88 bits per heavy atom. The minimum absolute atomic E-state index is 0.714. The molecule has 1 aliphatic rings. The average molecular weight is 239 g/mol. The van der Waals surface area contributed by atoms with Crippen LogP contribution in [0, 0.1) is 5.92 Å². The summed E-state index contributed by atoms with van der Waals surface area (Å²) in [6, 6.07) is 0. The van der Waals surface area contributed by atoms with Crippen molar-refractivity contribution in [2.45, 2.75) is 33.2 Å². The summed E-state index contributed by atoms with van der Waals surface area (Å²) in [4.78, 5) is 8.25. The number of rotatable bonds is 5. The van der Waals surface area contributed by atoms with Crippen molar-refractivity contribution in [2.75, 3.05) is 24.5 Å². The molecular formula is C12H21N3S. The summed E-state index contributed by atoms with van der Waals surface area (Å²) in [7, 11) is 0. The van der Waals surface area contributed by atoms with Gasteiger partial charge in [0.05, 0.1) is 0 Å². The summed E-state index contributed by atoms with van der Waals surface area (Å²) in [5.41, 5.74) is 0. The summed E-state index contributed by atoms with van der Waals surface area (Å²) in [6.07, 6.45) is 4.66. The molecule has 0 saturated carbocycles. The predicted molar refractivity (Wildman–Crippen MR) is 70.1 cm³/mol. The van der Waals surface area contributed by atoms with Gasteiger partial charge in [-0.05, 0) is 25.3 Å². The summed E-state index contributed by atoms with van der Waals surface area (Å²) >= 11 is 1.83. The molecule has 0 spiro atoms. The second-order valence-electron chi connectivity index (χ2n) is 4.83. The molecule has 1 N–H and O–H groups in total. The lowest BCUT2D eigenvalue weighted by Crippen LogP contribution is -2.18. The minimum Gasteiger partial charge on any atom is -0.348 e. The average Bonchev–Trinajstić information content (AvgIpc) is 2.85. The van der Waals surface area contributed by atoms with Crippen LogP contribution in [-0.2, 0) is 6.54 Å². The van der Waals surface area contributed by atoms with Crippen LogP contribution < -0.4 is 10.2 Å². The molecule has 1 saturated heterocycles. The summed E-state index contributed by atoms with van der Waals surface area (Å²) in [5.74, 6) is 0.714. The summed E-state index contributed by atoms with van der Waals surface area (Å²) < 4.78 is 0. The molecule has 2 heterocycles. The van der Waals surface area contributed by atoms with Gasteiger partial charge in [0.1, 0.15) is 0 Å². The fraction of sp³-hybridized carbons (Fsp3) is 0.750. The van der Waals surface area contributed by atoms with Crippen LogP contribution >= 0.6 is 11.3 Å². The number of anilines is 1. The molecule has 0 atom stereocenters. The lowest BCUT2D eigenvalue weighted by molar-refractivity contribution is 0.554. The Morgan fingerprint density at radius 1 is 1.44 bits per heavy atom. The van der Waals surface area contributed by atoms with Crippen molar-refractivity contribution in [3.8, 4) is 0 Å². The third-order valence-corrected chi connectivity index (χ3v) is 3.83. The second kappa shape index (κ2) is 5.64. The van der Waals surface area contributed by atoms with Crippen molar-refractivity contribution in [2.24, 2.45) is 5.92 Å². The van der Waals surface area contributed by atoms with E-state index >= 15 is 0 Å². The molecule has 0 bridgehead atoms. The monoisotopic (exact) mass is 239 g/mol. The molecule has 0 aromatic carbocycles. The molecule has 0 amide bonds. The SMILES string of the molecule is CC(C)CNCc1cnc(N2CCCC2)s1. The summed E-state index contributed by atoms with van der Waals surface area (Å²) in [6.45, 7) is 8.88. The van der Waals surface area contributed by atoms with E-state index < -0.39 is 0 Å². The highest BCUT2D eigenvalue weighted by Crippen LogP contribution is 2.25. The van der Waals surface area contributed by atoms with E-state index in [1.165, 1.54) is 35.9 Å². The van der Waals surface area contributed by atoms with Crippen molar-refractivity contribution in [1.29, 1.82) is 0 Å². The Kier molecular flexibility index (Phi) is 4.18. The maximum atomic E-state index is 4.50. The zero-order chi connectivity index (χ0) is 11.4. The van der Waals surface area contributed by atoms with Gasteiger partial charge in [-0.25, -0.2) is 4.98 Å². The fourth-order valence-corrected chi connectivity index (χ4v) is 2.85. The Balaban J connectivity index is 1.82. The van der Waals surface area contributed by atoms with Crippen LogP contribution in [-0.4, -0.2) is 24.6 Å². The third-order valence-electron chi connectivity index (χ3n) is 2.77. The normalized spacial score (nSPS) is 16.3. The van der Waals surface area contributed by atoms with Gasteiger partial charge in [0.2, 0.25) is 0 Å². The maximum absolute atomic E-state index is 4.50. The molecule has 0 radical (unpaired) electrons. The van der Waals surface area contributed by atoms with Crippen LogP contribution in [0.4, 0.5) is 5.13 Å². The van der Waals surface area contributed by atoms with Crippen LogP contribution in [0.3, 0.4) is 0 Å². The van der Waals surface area contributed by atoms with E-state index in [0.717, 1.165) is 13.1 Å². The lowest BCUT2D eigenvalue weighted by Gasteiger charge is -2.12. The Bertz CT molecular complexity index is 316.